The third-order valence-corrected chi connectivity index (χ3v) is 4.87. The van der Waals surface area contributed by atoms with Crippen LogP contribution in [0, 0.1) is 0 Å². The van der Waals surface area contributed by atoms with Crippen LogP contribution in [0.1, 0.15) is 24.5 Å². The van der Waals surface area contributed by atoms with Gasteiger partial charge < -0.3 is 34.3 Å². The van der Waals surface area contributed by atoms with Gasteiger partial charge in [0.25, 0.3) is 0 Å². The second kappa shape index (κ2) is 12.5. The molecule has 166 valence electrons. The van der Waals surface area contributed by atoms with Crippen LogP contribution in [0.3, 0.4) is 0 Å². The van der Waals surface area contributed by atoms with E-state index in [1.54, 1.807) is 14.2 Å². The highest BCUT2D eigenvalue weighted by molar-refractivity contribution is 5.77. The molecular formula is C23H32O7. The first kappa shape index (κ1) is 24.1. The zero-order valence-corrected chi connectivity index (χ0v) is 17.8. The molecule has 7 nitrogen and oxygen atoms in total. The number of rotatable bonds is 13. The molecule has 0 radical (unpaired) electrons. The summed E-state index contributed by atoms with van der Waals surface area (Å²) in [5.41, 5.74) is 3.78. The summed E-state index contributed by atoms with van der Waals surface area (Å²) < 4.78 is 21.9. The smallest absolute Gasteiger partial charge is 0.188 e. The molecule has 2 aromatic rings. The Balaban J connectivity index is 2.61. The van der Waals surface area contributed by atoms with Gasteiger partial charge in [0.1, 0.15) is 17.6 Å². The van der Waals surface area contributed by atoms with Gasteiger partial charge in [-0.1, -0.05) is 37.3 Å². The average Bonchev–Trinajstić information content (AvgIpc) is 2.79. The highest BCUT2D eigenvalue weighted by Gasteiger charge is 2.23. The quantitative estimate of drug-likeness (QED) is 0.429. The van der Waals surface area contributed by atoms with Crippen molar-refractivity contribution < 1.29 is 34.3 Å². The maximum Gasteiger partial charge on any atom is 0.188 e. The molecule has 0 fully saturated rings. The lowest BCUT2D eigenvalue weighted by molar-refractivity contribution is -0.0173. The van der Waals surface area contributed by atoms with Crippen molar-refractivity contribution in [3.8, 4) is 22.6 Å². The van der Waals surface area contributed by atoms with Gasteiger partial charge in [0.2, 0.25) is 0 Å². The molecule has 2 unspecified atom stereocenters. The van der Waals surface area contributed by atoms with E-state index < -0.39 is 18.8 Å². The Kier molecular flexibility index (Phi) is 10.1. The monoisotopic (exact) mass is 420 g/mol. The van der Waals surface area contributed by atoms with Crippen LogP contribution in [0.15, 0.2) is 36.4 Å². The van der Waals surface area contributed by atoms with E-state index in [1.807, 2.05) is 43.3 Å². The van der Waals surface area contributed by atoms with Crippen LogP contribution in [-0.2, 0) is 22.3 Å². The number of methoxy groups -OCH3 is 2. The minimum atomic E-state index is -1.19. The molecule has 3 N–H and O–H groups in total. The summed E-state index contributed by atoms with van der Waals surface area (Å²) in [4.78, 5) is 0. The Hall–Kier alpha value is -2.16. The van der Waals surface area contributed by atoms with Gasteiger partial charge in [-0.15, -0.1) is 0 Å². The van der Waals surface area contributed by atoms with Gasteiger partial charge in [-0.05, 0) is 36.0 Å². The lowest BCUT2D eigenvalue weighted by Gasteiger charge is -2.23. The standard InChI is InChI=1S/C23H32O7/c1-4-17-18(10-11-19(25)20(26)13-24)23(16-8-6-5-7-9-16)22(30-15-28-3)12-21(17)29-14-27-2/h5-9,12,19-20,24-26H,4,10-11,13-15H2,1-3H3. The second-order valence-electron chi connectivity index (χ2n) is 6.88. The summed E-state index contributed by atoms with van der Waals surface area (Å²) in [6.45, 7) is 1.70. The molecule has 0 spiro atoms. The van der Waals surface area contributed by atoms with E-state index in [0.717, 1.165) is 22.3 Å². The molecule has 0 heterocycles. The number of aliphatic hydroxyl groups excluding tert-OH is 3. The van der Waals surface area contributed by atoms with Crippen molar-refractivity contribution in [2.24, 2.45) is 0 Å². The Labute approximate surface area is 177 Å². The topological polar surface area (TPSA) is 97.6 Å². The first-order valence-corrected chi connectivity index (χ1v) is 10.0. The first-order valence-electron chi connectivity index (χ1n) is 10.0. The Bertz CT molecular complexity index is 764. The third kappa shape index (κ3) is 6.17. The van der Waals surface area contributed by atoms with E-state index in [0.29, 0.717) is 24.3 Å². The number of benzene rings is 2. The van der Waals surface area contributed by atoms with Crippen molar-refractivity contribution in [1.82, 2.24) is 0 Å². The van der Waals surface area contributed by atoms with E-state index >= 15 is 0 Å². The molecular weight excluding hydrogens is 388 g/mol. The predicted molar refractivity (Wildman–Crippen MR) is 114 cm³/mol. The molecule has 0 aliphatic heterocycles. The van der Waals surface area contributed by atoms with E-state index in [4.69, 9.17) is 24.1 Å². The SMILES string of the molecule is CCc1c(OCOC)cc(OCOC)c(-c2ccccc2)c1CCC(O)C(O)CO. The third-order valence-electron chi connectivity index (χ3n) is 4.87. The van der Waals surface area contributed by atoms with E-state index in [9.17, 15) is 10.2 Å². The van der Waals surface area contributed by atoms with Gasteiger partial charge in [-0.3, -0.25) is 0 Å². The molecule has 0 bridgehead atoms. The fourth-order valence-corrected chi connectivity index (χ4v) is 3.41. The van der Waals surface area contributed by atoms with Crippen LogP contribution in [0.5, 0.6) is 11.5 Å². The molecule has 0 amide bonds. The molecule has 2 rings (SSSR count). The van der Waals surface area contributed by atoms with Crippen molar-refractivity contribution in [1.29, 1.82) is 0 Å². The highest BCUT2D eigenvalue weighted by Crippen LogP contribution is 2.42. The summed E-state index contributed by atoms with van der Waals surface area (Å²) in [6.07, 6.45) is -0.814. The van der Waals surface area contributed by atoms with Crippen molar-refractivity contribution >= 4 is 0 Å². The fourth-order valence-electron chi connectivity index (χ4n) is 3.41. The summed E-state index contributed by atoms with van der Waals surface area (Å²) >= 11 is 0. The van der Waals surface area contributed by atoms with Crippen molar-refractivity contribution in [2.45, 2.75) is 38.4 Å². The maximum absolute atomic E-state index is 10.2. The predicted octanol–water partition coefficient (Wildman–Crippen LogP) is 2.53. The molecule has 0 aliphatic carbocycles. The van der Waals surface area contributed by atoms with Crippen LogP contribution in [-0.4, -0.2) is 61.9 Å². The minimum absolute atomic E-state index is 0.0698. The zero-order valence-electron chi connectivity index (χ0n) is 17.8. The van der Waals surface area contributed by atoms with Gasteiger partial charge in [0.05, 0.1) is 12.7 Å². The maximum atomic E-state index is 10.2. The highest BCUT2D eigenvalue weighted by atomic mass is 16.7. The summed E-state index contributed by atoms with van der Waals surface area (Å²) in [6, 6.07) is 11.7. The van der Waals surface area contributed by atoms with E-state index in [-0.39, 0.29) is 20.0 Å². The number of aliphatic hydroxyl groups is 3. The fraction of sp³-hybridized carbons (Fsp3) is 0.478. The zero-order chi connectivity index (χ0) is 21.9. The molecule has 0 aromatic heterocycles. The van der Waals surface area contributed by atoms with Gasteiger partial charge in [0.15, 0.2) is 13.6 Å². The Morgan fingerprint density at radius 3 is 2.07 bits per heavy atom. The summed E-state index contributed by atoms with van der Waals surface area (Å²) in [7, 11) is 3.11. The van der Waals surface area contributed by atoms with E-state index in [1.165, 1.54) is 0 Å². The van der Waals surface area contributed by atoms with Crippen molar-refractivity contribution in [2.75, 3.05) is 34.4 Å². The molecule has 2 aromatic carbocycles. The molecule has 2 atom stereocenters. The normalized spacial score (nSPS) is 13.1. The summed E-state index contributed by atoms with van der Waals surface area (Å²) in [5, 5.41) is 29.1. The Morgan fingerprint density at radius 1 is 0.867 bits per heavy atom. The van der Waals surface area contributed by atoms with Crippen LogP contribution in [0.2, 0.25) is 0 Å². The second-order valence-corrected chi connectivity index (χ2v) is 6.88. The summed E-state index contributed by atoms with van der Waals surface area (Å²) in [5.74, 6) is 1.23. The van der Waals surface area contributed by atoms with Crippen molar-refractivity contribution in [3.63, 3.8) is 0 Å². The average molecular weight is 421 g/mol. The Morgan fingerprint density at radius 2 is 1.50 bits per heavy atom. The molecule has 7 heteroatoms. The van der Waals surface area contributed by atoms with Gasteiger partial charge in [0, 0.05) is 25.8 Å². The molecule has 0 saturated heterocycles. The van der Waals surface area contributed by atoms with E-state index in [2.05, 4.69) is 0 Å². The number of hydrogen-bond acceptors (Lipinski definition) is 7. The van der Waals surface area contributed by atoms with Crippen LogP contribution < -0.4 is 9.47 Å². The van der Waals surface area contributed by atoms with Gasteiger partial charge >= 0.3 is 0 Å². The first-order chi connectivity index (χ1) is 14.6. The lowest BCUT2D eigenvalue weighted by atomic mass is 9.88. The molecule has 0 aliphatic rings. The molecule has 0 saturated carbocycles. The lowest BCUT2D eigenvalue weighted by Crippen LogP contribution is -2.29. The molecule has 30 heavy (non-hydrogen) atoms. The van der Waals surface area contributed by atoms with Crippen LogP contribution in [0.25, 0.3) is 11.1 Å². The van der Waals surface area contributed by atoms with Crippen LogP contribution >= 0.6 is 0 Å². The minimum Gasteiger partial charge on any atom is -0.467 e. The van der Waals surface area contributed by atoms with Gasteiger partial charge in [-0.25, -0.2) is 0 Å². The number of hydrogen-bond donors (Lipinski definition) is 3. The van der Waals surface area contributed by atoms with Crippen LogP contribution in [0.4, 0.5) is 0 Å². The van der Waals surface area contributed by atoms with Gasteiger partial charge in [-0.2, -0.15) is 0 Å². The van der Waals surface area contributed by atoms with Crippen molar-refractivity contribution in [3.05, 3.63) is 47.5 Å². The number of ether oxygens (including phenoxy) is 4. The largest absolute Gasteiger partial charge is 0.467 e.